The first-order valence-corrected chi connectivity index (χ1v) is 5.34. The van der Waals surface area contributed by atoms with Crippen LogP contribution < -0.4 is 0 Å². The molecule has 0 saturated carbocycles. The number of hydrogen-bond donors (Lipinski definition) is 2. The van der Waals surface area contributed by atoms with E-state index >= 15 is 0 Å². The molecule has 0 aliphatic carbocycles. The zero-order chi connectivity index (χ0) is 9.80. The molecule has 0 aliphatic rings. The van der Waals surface area contributed by atoms with E-state index in [2.05, 4.69) is 15.2 Å². The molecule has 0 radical (unpaired) electrons. The van der Waals surface area contributed by atoms with E-state index in [4.69, 9.17) is 5.11 Å². The highest BCUT2D eigenvalue weighted by molar-refractivity contribution is 7.13. The fourth-order valence-electron chi connectivity index (χ4n) is 1.17. The highest BCUT2D eigenvalue weighted by atomic mass is 32.1. The zero-order valence-corrected chi connectivity index (χ0v) is 8.42. The first-order chi connectivity index (χ1) is 6.90. The maximum absolute atomic E-state index is 8.66. The van der Waals surface area contributed by atoms with E-state index in [1.807, 2.05) is 17.5 Å². The largest absolute Gasteiger partial charge is 0.396 e. The predicted octanol–water partition coefficient (Wildman–Crippen LogP) is 1.46. The molecule has 0 unspecified atom stereocenters. The fourth-order valence-corrected chi connectivity index (χ4v) is 1.83. The normalized spacial score (nSPS) is 10.6. The van der Waals surface area contributed by atoms with Crippen LogP contribution in [0.4, 0.5) is 0 Å². The molecule has 0 fully saturated rings. The summed E-state index contributed by atoms with van der Waals surface area (Å²) in [6, 6.07) is 3.97. The number of aliphatic hydroxyl groups is 1. The minimum absolute atomic E-state index is 0.190. The van der Waals surface area contributed by atoms with Gasteiger partial charge in [-0.05, 0) is 17.9 Å². The van der Waals surface area contributed by atoms with Gasteiger partial charge in [0.15, 0.2) is 5.82 Å². The molecule has 74 valence electrons. The molecule has 2 N–H and O–H groups in total. The number of thiophene rings is 1. The molecule has 14 heavy (non-hydrogen) atoms. The number of aromatic amines is 1. The van der Waals surface area contributed by atoms with Gasteiger partial charge < -0.3 is 5.11 Å². The molecule has 0 spiro atoms. The van der Waals surface area contributed by atoms with Crippen molar-refractivity contribution in [2.45, 2.75) is 12.8 Å². The highest BCUT2D eigenvalue weighted by Gasteiger charge is 2.05. The number of aromatic nitrogens is 3. The van der Waals surface area contributed by atoms with Crippen LogP contribution in [0, 0.1) is 0 Å². The number of H-pyrrole nitrogens is 1. The van der Waals surface area contributed by atoms with Crippen molar-refractivity contribution in [3.63, 3.8) is 0 Å². The van der Waals surface area contributed by atoms with Crippen LogP contribution in [0.3, 0.4) is 0 Å². The van der Waals surface area contributed by atoms with Crippen LogP contribution in [-0.4, -0.2) is 26.9 Å². The van der Waals surface area contributed by atoms with Gasteiger partial charge in [-0.2, -0.15) is 5.10 Å². The van der Waals surface area contributed by atoms with Crippen LogP contribution in [0.15, 0.2) is 17.5 Å². The molecule has 2 rings (SSSR count). The number of rotatable bonds is 4. The summed E-state index contributed by atoms with van der Waals surface area (Å²) in [5.74, 6) is 1.58. The SMILES string of the molecule is OCCCc1nc(-c2cccs2)n[nH]1. The smallest absolute Gasteiger partial charge is 0.191 e. The summed E-state index contributed by atoms with van der Waals surface area (Å²) in [7, 11) is 0. The minimum Gasteiger partial charge on any atom is -0.396 e. The maximum Gasteiger partial charge on any atom is 0.191 e. The van der Waals surface area contributed by atoms with Gasteiger partial charge in [0.25, 0.3) is 0 Å². The molecule has 0 saturated heterocycles. The summed E-state index contributed by atoms with van der Waals surface area (Å²) in [5, 5.41) is 17.6. The second-order valence-electron chi connectivity index (χ2n) is 2.91. The van der Waals surface area contributed by atoms with E-state index < -0.39 is 0 Å². The fraction of sp³-hybridized carbons (Fsp3) is 0.333. The Hall–Kier alpha value is -1.20. The molecule has 2 aromatic heterocycles. The van der Waals surface area contributed by atoms with Gasteiger partial charge in [0.2, 0.25) is 0 Å². The molecule has 0 aromatic carbocycles. The average molecular weight is 209 g/mol. The first-order valence-electron chi connectivity index (χ1n) is 4.46. The third-order valence-electron chi connectivity index (χ3n) is 1.84. The lowest BCUT2D eigenvalue weighted by Crippen LogP contribution is -1.91. The van der Waals surface area contributed by atoms with Crippen LogP contribution in [0.25, 0.3) is 10.7 Å². The van der Waals surface area contributed by atoms with Gasteiger partial charge in [-0.3, -0.25) is 5.10 Å². The second-order valence-corrected chi connectivity index (χ2v) is 3.86. The van der Waals surface area contributed by atoms with Gasteiger partial charge in [0.1, 0.15) is 5.82 Å². The Morgan fingerprint density at radius 2 is 2.43 bits per heavy atom. The van der Waals surface area contributed by atoms with Crippen molar-refractivity contribution in [3.8, 4) is 10.7 Å². The van der Waals surface area contributed by atoms with Crippen molar-refractivity contribution >= 4 is 11.3 Å². The summed E-state index contributed by atoms with van der Waals surface area (Å²) in [6.07, 6.45) is 1.47. The topological polar surface area (TPSA) is 61.8 Å². The van der Waals surface area contributed by atoms with Crippen molar-refractivity contribution in [2.75, 3.05) is 6.61 Å². The van der Waals surface area contributed by atoms with E-state index in [-0.39, 0.29) is 6.61 Å². The van der Waals surface area contributed by atoms with Gasteiger partial charge in [0, 0.05) is 13.0 Å². The summed E-state index contributed by atoms with van der Waals surface area (Å²) < 4.78 is 0. The maximum atomic E-state index is 8.66. The van der Waals surface area contributed by atoms with E-state index in [0.717, 1.165) is 29.4 Å². The highest BCUT2D eigenvalue weighted by Crippen LogP contribution is 2.20. The monoisotopic (exact) mass is 209 g/mol. The summed E-state index contributed by atoms with van der Waals surface area (Å²) in [6.45, 7) is 0.190. The molecule has 2 heterocycles. The van der Waals surface area contributed by atoms with E-state index in [1.165, 1.54) is 0 Å². The van der Waals surface area contributed by atoms with Gasteiger partial charge in [-0.1, -0.05) is 6.07 Å². The Morgan fingerprint density at radius 3 is 3.14 bits per heavy atom. The zero-order valence-electron chi connectivity index (χ0n) is 7.60. The Morgan fingerprint density at radius 1 is 1.50 bits per heavy atom. The lowest BCUT2D eigenvalue weighted by atomic mass is 10.3. The van der Waals surface area contributed by atoms with Crippen molar-refractivity contribution in [1.82, 2.24) is 15.2 Å². The number of nitrogens with zero attached hydrogens (tertiary/aromatic N) is 2. The molecular weight excluding hydrogens is 198 g/mol. The number of aryl methyl sites for hydroxylation is 1. The number of nitrogens with one attached hydrogen (secondary N) is 1. The second kappa shape index (κ2) is 4.34. The minimum atomic E-state index is 0.190. The molecule has 0 bridgehead atoms. The lowest BCUT2D eigenvalue weighted by molar-refractivity contribution is 0.287. The summed E-state index contributed by atoms with van der Waals surface area (Å²) >= 11 is 1.62. The Balaban J connectivity index is 2.10. The quantitative estimate of drug-likeness (QED) is 0.801. The van der Waals surface area contributed by atoms with Gasteiger partial charge in [0.05, 0.1) is 4.88 Å². The summed E-state index contributed by atoms with van der Waals surface area (Å²) in [4.78, 5) is 5.39. The number of hydrogen-bond acceptors (Lipinski definition) is 4. The van der Waals surface area contributed by atoms with E-state index in [1.54, 1.807) is 11.3 Å². The van der Waals surface area contributed by atoms with Gasteiger partial charge in [-0.15, -0.1) is 11.3 Å². The van der Waals surface area contributed by atoms with Crippen LogP contribution in [0.2, 0.25) is 0 Å². The standard InChI is InChI=1S/C9H11N3OS/c13-5-1-4-8-10-9(12-11-8)7-3-2-6-14-7/h2-3,6,13H,1,4-5H2,(H,10,11,12). The van der Waals surface area contributed by atoms with Crippen LogP contribution >= 0.6 is 11.3 Å². The first kappa shape index (κ1) is 9.36. The third kappa shape index (κ3) is 2.00. The van der Waals surface area contributed by atoms with Crippen LogP contribution in [0.5, 0.6) is 0 Å². The summed E-state index contributed by atoms with van der Waals surface area (Å²) in [5.41, 5.74) is 0. The van der Waals surface area contributed by atoms with Crippen molar-refractivity contribution in [1.29, 1.82) is 0 Å². The van der Waals surface area contributed by atoms with Gasteiger partial charge in [-0.25, -0.2) is 4.98 Å². The van der Waals surface area contributed by atoms with Crippen LogP contribution in [0.1, 0.15) is 12.2 Å². The molecule has 0 atom stereocenters. The molecule has 5 heteroatoms. The lowest BCUT2D eigenvalue weighted by Gasteiger charge is -1.89. The van der Waals surface area contributed by atoms with Crippen molar-refractivity contribution in [2.24, 2.45) is 0 Å². The third-order valence-corrected chi connectivity index (χ3v) is 2.71. The molecule has 2 aromatic rings. The molecular formula is C9H11N3OS. The molecule has 4 nitrogen and oxygen atoms in total. The van der Waals surface area contributed by atoms with E-state index in [9.17, 15) is 0 Å². The van der Waals surface area contributed by atoms with Crippen molar-refractivity contribution in [3.05, 3.63) is 23.3 Å². The molecule has 0 aliphatic heterocycles. The molecule has 0 amide bonds. The predicted molar refractivity (Wildman–Crippen MR) is 55.1 cm³/mol. The number of aliphatic hydroxyl groups excluding tert-OH is 1. The Labute approximate surface area is 85.6 Å². The average Bonchev–Trinajstić information content (AvgIpc) is 2.85. The van der Waals surface area contributed by atoms with Gasteiger partial charge >= 0.3 is 0 Å². The Kier molecular flexibility index (Phi) is 2.90. The van der Waals surface area contributed by atoms with Crippen LogP contribution in [-0.2, 0) is 6.42 Å². The Bertz CT molecular complexity index is 382. The van der Waals surface area contributed by atoms with E-state index in [0.29, 0.717) is 0 Å². The van der Waals surface area contributed by atoms with Crippen molar-refractivity contribution < 1.29 is 5.11 Å².